The van der Waals surface area contributed by atoms with Crippen LogP contribution in [0.25, 0.3) is 6.08 Å². The lowest BCUT2D eigenvalue weighted by Crippen LogP contribution is -2.05. The lowest BCUT2D eigenvalue weighted by Gasteiger charge is -2.09. The van der Waals surface area contributed by atoms with E-state index in [0.717, 1.165) is 5.56 Å². The summed E-state index contributed by atoms with van der Waals surface area (Å²) in [6.45, 7) is 0.353. The van der Waals surface area contributed by atoms with Crippen molar-refractivity contribution in [3.05, 3.63) is 106 Å². The fourth-order valence-electron chi connectivity index (χ4n) is 2.75. The number of rotatable bonds is 5. The first-order valence-electron chi connectivity index (χ1n) is 8.83. The summed E-state index contributed by atoms with van der Waals surface area (Å²) in [5, 5.41) is 0.661. The molecule has 0 spiro atoms. The second-order valence-electron chi connectivity index (χ2n) is 6.30. The molecule has 1 aliphatic rings. The average molecular weight is 408 g/mol. The minimum Gasteiger partial charge on any atom is -0.488 e. The van der Waals surface area contributed by atoms with Gasteiger partial charge in [-0.25, -0.2) is 14.2 Å². The number of nitrogens with zero attached hydrogens (tertiary/aromatic N) is 1. The van der Waals surface area contributed by atoms with Crippen LogP contribution < -0.4 is 4.74 Å². The van der Waals surface area contributed by atoms with E-state index >= 15 is 0 Å². The van der Waals surface area contributed by atoms with Gasteiger partial charge >= 0.3 is 5.97 Å². The van der Waals surface area contributed by atoms with Gasteiger partial charge in [0.15, 0.2) is 5.70 Å². The van der Waals surface area contributed by atoms with Gasteiger partial charge in [-0.15, -0.1) is 0 Å². The van der Waals surface area contributed by atoms with E-state index in [9.17, 15) is 9.18 Å². The summed E-state index contributed by atoms with van der Waals surface area (Å²) < 4.78 is 24.2. The molecule has 6 heteroatoms. The molecule has 0 amide bonds. The standard InChI is InChI=1S/C23H15ClFNO3/c24-18-9-5-15(6-10-18)14-28-21-4-2-1-3-17(21)13-20-23(27)29-22(26-20)16-7-11-19(25)12-8-16/h1-13H,14H2/b20-13-. The van der Waals surface area contributed by atoms with Crippen molar-refractivity contribution in [2.24, 2.45) is 4.99 Å². The maximum absolute atomic E-state index is 13.1. The van der Waals surface area contributed by atoms with Crippen LogP contribution in [0, 0.1) is 5.82 Å². The number of benzene rings is 3. The highest BCUT2D eigenvalue weighted by Crippen LogP contribution is 2.25. The minimum absolute atomic E-state index is 0.140. The molecule has 4 nitrogen and oxygen atoms in total. The Hall–Kier alpha value is -3.44. The van der Waals surface area contributed by atoms with Gasteiger partial charge in [-0.1, -0.05) is 41.9 Å². The first-order valence-corrected chi connectivity index (χ1v) is 9.21. The van der Waals surface area contributed by atoms with Gasteiger partial charge in [0, 0.05) is 16.1 Å². The molecule has 0 aliphatic carbocycles. The molecule has 29 heavy (non-hydrogen) atoms. The van der Waals surface area contributed by atoms with E-state index in [4.69, 9.17) is 21.1 Å². The molecule has 0 saturated heterocycles. The summed E-state index contributed by atoms with van der Waals surface area (Å²) in [4.78, 5) is 16.5. The predicted octanol–water partition coefficient (Wildman–Crippen LogP) is 5.40. The number of halogens is 2. The Morgan fingerprint density at radius 2 is 1.72 bits per heavy atom. The first kappa shape index (κ1) is 18.9. The summed E-state index contributed by atoms with van der Waals surface area (Å²) in [6, 6.07) is 20.3. The monoisotopic (exact) mass is 407 g/mol. The lowest BCUT2D eigenvalue weighted by molar-refractivity contribution is -0.129. The maximum atomic E-state index is 13.1. The highest BCUT2D eigenvalue weighted by atomic mass is 35.5. The third kappa shape index (κ3) is 4.52. The van der Waals surface area contributed by atoms with Gasteiger partial charge in [0.05, 0.1) is 0 Å². The molecule has 144 valence electrons. The number of para-hydroxylation sites is 1. The third-order valence-electron chi connectivity index (χ3n) is 4.23. The van der Waals surface area contributed by atoms with Gasteiger partial charge in [-0.05, 0) is 54.1 Å². The van der Waals surface area contributed by atoms with Crippen LogP contribution in [-0.2, 0) is 16.1 Å². The van der Waals surface area contributed by atoms with Crippen molar-refractivity contribution >= 4 is 29.5 Å². The summed E-state index contributed by atoms with van der Waals surface area (Å²) >= 11 is 5.90. The molecular weight excluding hydrogens is 393 g/mol. The van der Waals surface area contributed by atoms with Crippen LogP contribution in [0.4, 0.5) is 4.39 Å². The van der Waals surface area contributed by atoms with E-state index in [-0.39, 0.29) is 17.4 Å². The Bertz CT molecular complexity index is 1110. The minimum atomic E-state index is -0.572. The molecule has 0 bridgehead atoms. The Morgan fingerprint density at radius 3 is 2.48 bits per heavy atom. The number of hydrogen-bond acceptors (Lipinski definition) is 4. The molecule has 4 rings (SSSR count). The smallest absolute Gasteiger partial charge is 0.363 e. The summed E-state index contributed by atoms with van der Waals surface area (Å²) in [7, 11) is 0. The van der Waals surface area contributed by atoms with Crippen LogP contribution >= 0.6 is 11.6 Å². The molecule has 0 aromatic heterocycles. The van der Waals surface area contributed by atoms with Crippen LogP contribution in [0.1, 0.15) is 16.7 Å². The molecule has 0 atom stereocenters. The van der Waals surface area contributed by atoms with Gasteiger partial charge in [-0.3, -0.25) is 0 Å². The Balaban J connectivity index is 1.56. The van der Waals surface area contributed by atoms with Crippen molar-refractivity contribution in [2.45, 2.75) is 6.61 Å². The molecule has 0 fully saturated rings. The summed E-state index contributed by atoms with van der Waals surface area (Å²) in [5.74, 6) is -0.202. The van der Waals surface area contributed by atoms with E-state index < -0.39 is 5.97 Å². The van der Waals surface area contributed by atoms with Crippen LogP contribution in [0.2, 0.25) is 5.02 Å². The molecule has 0 radical (unpaired) electrons. The molecule has 0 saturated carbocycles. The van der Waals surface area contributed by atoms with E-state index in [1.165, 1.54) is 24.3 Å². The second-order valence-corrected chi connectivity index (χ2v) is 6.73. The molecule has 0 unspecified atom stereocenters. The molecular formula is C23H15ClFNO3. The Kier molecular flexibility index (Phi) is 5.40. The Morgan fingerprint density at radius 1 is 1.00 bits per heavy atom. The van der Waals surface area contributed by atoms with Gasteiger partial charge in [0.1, 0.15) is 18.2 Å². The largest absolute Gasteiger partial charge is 0.488 e. The molecule has 3 aromatic carbocycles. The first-order chi connectivity index (χ1) is 14.1. The molecule has 1 heterocycles. The van der Waals surface area contributed by atoms with Crippen molar-refractivity contribution in [1.29, 1.82) is 0 Å². The molecule has 3 aromatic rings. The zero-order valence-corrected chi connectivity index (χ0v) is 15.9. The number of hydrogen-bond donors (Lipinski definition) is 0. The molecule has 0 N–H and O–H groups in total. The highest BCUT2D eigenvalue weighted by molar-refractivity contribution is 6.30. The normalized spacial score (nSPS) is 14.6. The fourth-order valence-corrected chi connectivity index (χ4v) is 2.87. The van der Waals surface area contributed by atoms with Crippen molar-refractivity contribution in [1.82, 2.24) is 0 Å². The van der Waals surface area contributed by atoms with Crippen LogP contribution in [0.15, 0.2) is 83.5 Å². The zero-order chi connectivity index (χ0) is 20.2. The Labute approximate surface area is 171 Å². The summed E-state index contributed by atoms with van der Waals surface area (Å²) in [5.41, 5.74) is 2.33. The number of esters is 1. The topological polar surface area (TPSA) is 47.9 Å². The fraction of sp³-hybridized carbons (Fsp3) is 0.0435. The third-order valence-corrected chi connectivity index (χ3v) is 4.48. The highest BCUT2D eigenvalue weighted by Gasteiger charge is 2.24. The van der Waals surface area contributed by atoms with E-state index in [0.29, 0.717) is 28.5 Å². The van der Waals surface area contributed by atoms with Crippen molar-refractivity contribution in [3.8, 4) is 5.75 Å². The average Bonchev–Trinajstić information content (AvgIpc) is 3.09. The number of aliphatic imine (C=N–C) groups is 1. The van der Waals surface area contributed by atoms with Gasteiger partial charge < -0.3 is 9.47 Å². The summed E-state index contributed by atoms with van der Waals surface area (Å²) in [6.07, 6.45) is 1.61. The number of carbonyl (C=O) groups is 1. The quantitative estimate of drug-likeness (QED) is 0.420. The zero-order valence-electron chi connectivity index (χ0n) is 15.1. The number of ether oxygens (including phenoxy) is 2. The predicted molar refractivity (Wildman–Crippen MR) is 109 cm³/mol. The van der Waals surface area contributed by atoms with Crippen LogP contribution in [0.5, 0.6) is 5.75 Å². The van der Waals surface area contributed by atoms with Crippen molar-refractivity contribution in [2.75, 3.05) is 0 Å². The number of carbonyl (C=O) groups excluding carboxylic acids is 1. The van der Waals surface area contributed by atoms with E-state index in [1.807, 2.05) is 36.4 Å². The van der Waals surface area contributed by atoms with E-state index in [2.05, 4.69) is 4.99 Å². The van der Waals surface area contributed by atoms with Crippen LogP contribution in [0.3, 0.4) is 0 Å². The number of cyclic esters (lactones) is 1. The van der Waals surface area contributed by atoms with Gasteiger partial charge in [-0.2, -0.15) is 0 Å². The van der Waals surface area contributed by atoms with Gasteiger partial charge in [0.25, 0.3) is 0 Å². The second kappa shape index (κ2) is 8.29. The van der Waals surface area contributed by atoms with Crippen LogP contribution in [-0.4, -0.2) is 11.9 Å². The maximum Gasteiger partial charge on any atom is 0.363 e. The lowest BCUT2D eigenvalue weighted by atomic mass is 10.1. The SMILES string of the molecule is O=C1OC(c2ccc(F)cc2)=N/C1=C\c1ccccc1OCc1ccc(Cl)cc1. The van der Waals surface area contributed by atoms with Crippen molar-refractivity contribution in [3.63, 3.8) is 0 Å². The van der Waals surface area contributed by atoms with Crippen molar-refractivity contribution < 1.29 is 18.7 Å². The van der Waals surface area contributed by atoms with E-state index in [1.54, 1.807) is 18.2 Å². The van der Waals surface area contributed by atoms with Gasteiger partial charge in [0.2, 0.25) is 5.90 Å². The molecule has 1 aliphatic heterocycles.